The summed E-state index contributed by atoms with van der Waals surface area (Å²) in [7, 11) is 0. The molecule has 0 fully saturated rings. The lowest BCUT2D eigenvalue weighted by Crippen LogP contribution is -2.17. The minimum atomic E-state index is -0.362. The minimum absolute atomic E-state index is 0.321. The van der Waals surface area contributed by atoms with E-state index in [2.05, 4.69) is 20.7 Å². The number of carbonyl (C=O) groups excluding carboxylic acids is 1. The SMILES string of the molecule is O=C(NN=Cc1cccs1)c1cc(-c2ccccc2OCc2ccccc2)n[nH]1. The van der Waals surface area contributed by atoms with Crippen molar-refractivity contribution in [3.8, 4) is 17.0 Å². The molecule has 4 rings (SSSR count). The van der Waals surface area contributed by atoms with E-state index in [-0.39, 0.29) is 5.91 Å². The Morgan fingerprint density at radius 1 is 1.10 bits per heavy atom. The molecule has 0 aliphatic rings. The highest BCUT2D eigenvalue weighted by atomic mass is 32.1. The number of para-hydroxylation sites is 1. The van der Waals surface area contributed by atoms with Gasteiger partial charge in [0.15, 0.2) is 0 Å². The lowest BCUT2D eigenvalue weighted by atomic mass is 10.1. The number of thiophene rings is 1. The minimum Gasteiger partial charge on any atom is -0.488 e. The summed E-state index contributed by atoms with van der Waals surface area (Å²) in [6.45, 7) is 0.451. The van der Waals surface area contributed by atoms with Crippen molar-refractivity contribution in [3.63, 3.8) is 0 Å². The third-order valence-corrected chi connectivity index (χ3v) is 4.93. The summed E-state index contributed by atoms with van der Waals surface area (Å²) in [5, 5.41) is 12.9. The number of ether oxygens (including phenoxy) is 1. The van der Waals surface area contributed by atoms with Crippen LogP contribution in [0.1, 0.15) is 20.9 Å². The van der Waals surface area contributed by atoms with Crippen LogP contribution in [0.25, 0.3) is 11.3 Å². The number of benzene rings is 2. The molecule has 7 heteroatoms. The molecule has 2 heterocycles. The Morgan fingerprint density at radius 2 is 1.93 bits per heavy atom. The summed E-state index contributed by atoms with van der Waals surface area (Å²) in [4.78, 5) is 13.2. The molecule has 6 nitrogen and oxygen atoms in total. The first-order chi connectivity index (χ1) is 14.3. The zero-order valence-electron chi connectivity index (χ0n) is 15.4. The van der Waals surface area contributed by atoms with Crippen LogP contribution in [0.15, 0.2) is 83.3 Å². The number of nitrogens with one attached hydrogen (secondary N) is 2. The second kappa shape index (κ2) is 8.99. The quantitative estimate of drug-likeness (QED) is 0.353. The Balaban J connectivity index is 1.45. The first-order valence-corrected chi connectivity index (χ1v) is 9.86. The molecular weight excluding hydrogens is 384 g/mol. The van der Waals surface area contributed by atoms with Gasteiger partial charge in [0.25, 0.3) is 5.91 Å². The van der Waals surface area contributed by atoms with E-state index in [4.69, 9.17) is 4.74 Å². The van der Waals surface area contributed by atoms with Gasteiger partial charge in [-0.05, 0) is 35.2 Å². The number of amides is 1. The third kappa shape index (κ3) is 4.77. The predicted octanol–water partition coefficient (Wildman–Crippen LogP) is 4.48. The highest BCUT2D eigenvalue weighted by Gasteiger charge is 2.13. The average Bonchev–Trinajstić information content (AvgIpc) is 3.45. The molecule has 0 saturated carbocycles. The number of aromatic nitrogens is 2. The number of H-pyrrole nitrogens is 1. The van der Waals surface area contributed by atoms with E-state index < -0.39 is 0 Å². The molecular formula is C22H18N4O2S. The maximum atomic E-state index is 12.3. The molecule has 2 N–H and O–H groups in total. The molecule has 1 amide bonds. The summed E-state index contributed by atoms with van der Waals surface area (Å²) >= 11 is 1.54. The van der Waals surface area contributed by atoms with Crippen molar-refractivity contribution in [3.05, 3.63) is 94.3 Å². The van der Waals surface area contributed by atoms with Crippen LogP contribution in [0, 0.1) is 0 Å². The van der Waals surface area contributed by atoms with Crippen LogP contribution in [-0.4, -0.2) is 22.3 Å². The van der Waals surface area contributed by atoms with Crippen LogP contribution in [0.4, 0.5) is 0 Å². The van der Waals surface area contributed by atoms with E-state index in [1.807, 2.05) is 72.1 Å². The van der Waals surface area contributed by atoms with E-state index in [1.165, 1.54) is 0 Å². The molecule has 0 aliphatic carbocycles. The van der Waals surface area contributed by atoms with Crippen LogP contribution in [-0.2, 0) is 6.61 Å². The van der Waals surface area contributed by atoms with Gasteiger partial charge in [0, 0.05) is 10.4 Å². The Labute approximate surface area is 171 Å². The molecule has 0 aliphatic heterocycles. The van der Waals surface area contributed by atoms with Crippen molar-refractivity contribution in [2.75, 3.05) is 0 Å². The highest BCUT2D eigenvalue weighted by Crippen LogP contribution is 2.29. The summed E-state index contributed by atoms with van der Waals surface area (Å²) in [5.74, 6) is 0.338. The fraction of sp³-hybridized carbons (Fsp3) is 0.0455. The lowest BCUT2D eigenvalue weighted by Gasteiger charge is -2.10. The maximum absolute atomic E-state index is 12.3. The zero-order valence-corrected chi connectivity index (χ0v) is 16.2. The first-order valence-electron chi connectivity index (χ1n) is 8.98. The van der Waals surface area contributed by atoms with Gasteiger partial charge < -0.3 is 4.74 Å². The van der Waals surface area contributed by atoms with Crippen LogP contribution in [0.5, 0.6) is 5.75 Å². The highest BCUT2D eigenvalue weighted by molar-refractivity contribution is 7.11. The molecule has 2 aromatic heterocycles. The molecule has 0 spiro atoms. The third-order valence-electron chi connectivity index (χ3n) is 4.12. The predicted molar refractivity (Wildman–Crippen MR) is 114 cm³/mol. The van der Waals surface area contributed by atoms with Crippen molar-refractivity contribution < 1.29 is 9.53 Å². The zero-order chi connectivity index (χ0) is 19.9. The smallest absolute Gasteiger partial charge is 0.289 e. The molecule has 0 unspecified atom stereocenters. The van der Waals surface area contributed by atoms with Gasteiger partial charge in [-0.25, -0.2) is 5.43 Å². The molecule has 29 heavy (non-hydrogen) atoms. The molecule has 0 atom stereocenters. The van der Waals surface area contributed by atoms with E-state index in [0.717, 1.165) is 16.0 Å². The molecule has 4 aromatic rings. The van der Waals surface area contributed by atoms with E-state index in [0.29, 0.717) is 23.7 Å². The molecule has 0 saturated heterocycles. The first kappa shape index (κ1) is 18.6. The normalized spacial score (nSPS) is 10.9. The molecule has 2 aromatic carbocycles. The monoisotopic (exact) mass is 402 g/mol. The maximum Gasteiger partial charge on any atom is 0.289 e. The number of aromatic amines is 1. The summed E-state index contributed by atoms with van der Waals surface area (Å²) in [6.07, 6.45) is 1.60. The Bertz CT molecular complexity index is 1100. The summed E-state index contributed by atoms with van der Waals surface area (Å²) in [5.41, 5.74) is 5.33. The van der Waals surface area contributed by atoms with Crippen LogP contribution in [0.2, 0.25) is 0 Å². The van der Waals surface area contributed by atoms with Crippen molar-refractivity contribution in [1.82, 2.24) is 15.6 Å². The van der Waals surface area contributed by atoms with Crippen molar-refractivity contribution in [2.24, 2.45) is 5.10 Å². The number of hydrogen-bond acceptors (Lipinski definition) is 5. The Morgan fingerprint density at radius 3 is 2.76 bits per heavy atom. The fourth-order valence-corrected chi connectivity index (χ4v) is 3.28. The standard InChI is InChI=1S/C22H18N4O2S/c27-22(26-23-14-17-9-6-12-29-17)20-13-19(24-25-20)18-10-4-5-11-21(18)28-15-16-7-2-1-3-8-16/h1-14H,15H2,(H,24,25)(H,26,27). The Hall–Kier alpha value is -3.71. The van der Waals surface area contributed by atoms with Gasteiger partial charge in [0.2, 0.25) is 0 Å². The number of hydrazone groups is 1. The molecule has 0 bridgehead atoms. The summed E-state index contributed by atoms with van der Waals surface area (Å²) < 4.78 is 5.98. The van der Waals surface area contributed by atoms with Gasteiger partial charge in [-0.2, -0.15) is 10.2 Å². The van der Waals surface area contributed by atoms with Gasteiger partial charge in [-0.1, -0.05) is 48.5 Å². The molecule has 0 radical (unpaired) electrons. The van der Waals surface area contributed by atoms with Crippen molar-refractivity contribution in [1.29, 1.82) is 0 Å². The van der Waals surface area contributed by atoms with Gasteiger partial charge in [-0.15, -0.1) is 11.3 Å². The lowest BCUT2D eigenvalue weighted by molar-refractivity contribution is 0.0950. The van der Waals surface area contributed by atoms with Crippen LogP contribution in [0.3, 0.4) is 0 Å². The van der Waals surface area contributed by atoms with Crippen LogP contribution < -0.4 is 10.2 Å². The number of hydrogen-bond donors (Lipinski definition) is 2. The summed E-state index contributed by atoms with van der Waals surface area (Å²) in [6, 6.07) is 23.1. The Kier molecular flexibility index (Phi) is 5.78. The van der Waals surface area contributed by atoms with Crippen molar-refractivity contribution in [2.45, 2.75) is 6.61 Å². The average molecular weight is 402 g/mol. The topological polar surface area (TPSA) is 79.4 Å². The fourth-order valence-electron chi connectivity index (χ4n) is 2.69. The number of nitrogens with zero attached hydrogens (tertiary/aromatic N) is 2. The second-order valence-corrected chi connectivity index (χ2v) is 7.13. The second-order valence-electron chi connectivity index (χ2n) is 6.15. The van der Waals surface area contributed by atoms with E-state index >= 15 is 0 Å². The van der Waals surface area contributed by atoms with Crippen LogP contribution >= 0.6 is 11.3 Å². The molecule has 144 valence electrons. The van der Waals surface area contributed by atoms with Gasteiger partial charge in [0.1, 0.15) is 18.1 Å². The van der Waals surface area contributed by atoms with E-state index in [9.17, 15) is 4.79 Å². The largest absolute Gasteiger partial charge is 0.488 e. The van der Waals surface area contributed by atoms with Gasteiger partial charge in [0.05, 0.1) is 11.9 Å². The van der Waals surface area contributed by atoms with E-state index in [1.54, 1.807) is 23.6 Å². The number of rotatable bonds is 7. The van der Waals surface area contributed by atoms with Gasteiger partial charge in [-0.3, -0.25) is 9.89 Å². The number of carbonyl (C=O) groups is 1. The van der Waals surface area contributed by atoms with Crippen molar-refractivity contribution >= 4 is 23.5 Å². The van der Waals surface area contributed by atoms with Gasteiger partial charge >= 0.3 is 0 Å².